The van der Waals surface area contributed by atoms with E-state index in [0.29, 0.717) is 10.6 Å². The molecule has 5 heteroatoms. The number of piperidine rings is 1. The normalized spacial score (nSPS) is 17.4. The van der Waals surface area contributed by atoms with Crippen LogP contribution in [0.15, 0.2) is 48.5 Å². The number of halogens is 1. The standard InChI is InChI=1S/C19H21ClN2O2/c1-24-18-7-3-2-6-17(18)22-12-4-5-16(13-22)21-19(23)14-8-10-15(20)11-9-14/h2-3,6-11,16H,4-5,12-13H2,1H3,(H,21,23). The van der Waals surface area contributed by atoms with Gasteiger partial charge in [0.2, 0.25) is 0 Å². The zero-order valence-corrected chi connectivity index (χ0v) is 14.4. The molecule has 1 aliphatic heterocycles. The average Bonchev–Trinajstić information content (AvgIpc) is 2.62. The highest BCUT2D eigenvalue weighted by Gasteiger charge is 2.23. The summed E-state index contributed by atoms with van der Waals surface area (Å²) in [6.07, 6.45) is 2.01. The van der Waals surface area contributed by atoms with E-state index in [1.54, 1.807) is 31.4 Å². The van der Waals surface area contributed by atoms with Crippen LogP contribution in [-0.2, 0) is 0 Å². The second-order valence-corrected chi connectivity index (χ2v) is 6.37. The molecule has 0 radical (unpaired) electrons. The molecule has 126 valence electrons. The molecule has 1 aliphatic rings. The first-order valence-electron chi connectivity index (χ1n) is 8.12. The topological polar surface area (TPSA) is 41.6 Å². The number of methoxy groups -OCH3 is 1. The van der Waals surface area contributed by atoms with E-state index in [1.165, 1.54) is 0 Å². The largest absolute Gasteiger partial charge is 0.495 e. The average molecular weight is 345 g/mol. The van der Waals surface area contributed by atoms with Gasteiger partial charge in [0.15, 0.2) is 0 Å². The highest BCUT2D eigenvalue weighted by atomic mass is 35.5. The van der Waals surface area contributed by atoms with Crippen molar-refractivity contribution in [1.82, 2.24) is 5.32 Å². The summed E-state index contributed by atoms with van der Waals surface area (Å²) in [5, 5.41) is 3.76. The van der Waals surface area contributed by atoms with Crippen molar-refractivity contribution in [2.45, 2.75) is 18.9 Å². The van der Waals surface area contributed by atoms with Gasteiger partial charge >= 0.3 is 0 Å². The van der Waals surface area contributed by atoms with Gasteiger partial charge in [-0.05, 0) is 49.2 Å². The summed E-state index contributed by atoms with van der Waals surface area (Å²) in [6, 6.07) is 15.1. The molecular formula is C19H21ClN2O2. The van der Waals surface area contributed by atoms with Gasteiger partial charge in [-0.3, -0.25) is 4.79 Å². The van der Waals surface area contributed by atoms with Crippen LogP contribution < -0.4 is 15.0 Å². The molecule has 0 aromatic heterocycles. The summed E-state index contributed by atoms with van der Waals surface area (Å²) in [4.78, 5) is 14.7. The van der Waals surface area contributed by atoms with Crippen molar-refractivity contribution in [3.8, 4) is 5.75 Å². The Balaban J connectivity index is 1.67. The third-order valence-electron chi connectivity index (χ3n) is 4.29. The van der Waals surface area contributed by atoms with E-state index in [2.05, 4.69) is 16.3 Å². The molecule has 1 atom stereocenters. The Morgan fingerprint density at radius 1 is 1.21 bits per heavy atom. The van der Waals surface area contributed by atoms with Gasteiger partial charge < -0.3 is 15.0 Å². The fourth-order valence-electron chi connectivity index (χ4n) is 3.07. The summed E-state index contributed by atoms with van der Waals surface area (Å²) in [5.74, 6) is 0.806. The molecule has 1 fully saturated rings. The van der Waals surface area contributed by atoms with Gasteiger partial charge in [-0.25, -0.2) is 0 Å². The van der Waals surface area contributed by atoms with Gasteiger partial charge in [0.1, 0.15) is 5.75 Å². The Kier molecular flexibility index (Phi) is 5.26. The molecule has 1 N–H and O–H groups in total. The van der Waals surface area contributed by atoms with Crippen molar-refractivity contribution in [2.24, 2.45) is 0 Å². The van der Waals surface area contributed by atoms with Gasteiger partial charge in [0.05, 0.1) is 12.8 Å². The molecular weight excluding hydrogens is 324 g/mol. The van der Waals surface area contributed by atoms with Crippen LogP contribution in [0.3, 0.4) is 0 Å². The van der Waals surface area contributed by atoms with E-state index in [-0.39, 0.29) is 11.9 Å². The molecule has 2 aromatic rings. The first-order chi connectivity index (χ1) is 11.7. The van der Waals surface area contributed by atoms with E-state index in [1.807, 2.05) is 18.2 Å². The number of carbonyl (C=O) groups is 1. The lowest BCUT2D eigenvalue weighted by Gasteiger charge is -2.35. The monoisotopic (exact) mass is 344 g/mol. The van der Waals surface area contributed by atoms with E-state index >= 15 is 0 Å². The maximum absolute atomic E-state index is 12.4. The minimum Gasteiger partial charge on any atom is -0.495 e. The minimum absolute atomic E-state index is 0.0569. The number of ether oxygens (including phenoxy) is 1. The van der Waals surface area contributed by atoms with Crippen LogP contribution in [0.4, 0.5) is 5.69 Å². The quantitative estimate of drug-likeness (QED) is 0.918. The van der Waals surface area contributed by atoms with Crippen LogP contribution in [0.5, 0.6) is 5.75 Å². The highest BCUT2D eigenvalue weighted by Crippen LogP contribution is 2.29. The molecule has 4 nitrogen and oxygen atoms in total. The fraction of sp³-hybridized carbons (Fsp3) is 0.316. The van der Waals surface area contributed by atoms with E-state index in [4.69, 9.17) is 16.3 Å². The summed E-state index contributed by atoms with van der Waals surface area (Å²) in [6.45, 7) is 1.74. The Morgan fingerprint density at radius 3 is 2.71 bits per heavy atom. The number of nitrogens with zero attached hydrogens (tertiary/aromatic N) is 1. The first-order valence-corrected chi connectivity index (χ1v) is 8.49. The van der Waals surface area contributed by atoms with Crippen LogP contribution in [0.25, 0.3) is 0 Å². The van der Waals surface area contributed by atoms with Gasteiger partial charge in [-0.2, -0.15) is 0 Å². The Hall–Kier alpha value is -2.20. The molecule has 0 spiro atoms. The number of para-hydroxylation sites is 2. The number of amides is 1. The van der Waals surface area contributed by atoms with E-state index < -0.39 is 0 Å². The van der Waals surface area contributed by atoms with Gasteiger partial charge in [-0.1, -0.05) is 23.7 Å². The molecule has 2 aromatic carbocycles. The summed E-state index contributed by atoms with van der Waals surface area (Å²) < 4.78 is 5.45. The van der Waals surface area contributed by atoms with Crippen LogP contribution in [0.2, 0.25) is 5.02 Å². The molecule has 24 heavy (non-hydrogen) atoms. The SMILES string of the molecule is COc1ccccc1N1CCCC(NC(=O)c2ccc(Cl)cc2)C1. The molecule has 1 saturated heterocycles. The van der Waals surface area contributed by atoms with Gasteiger partial charge in [0, 0.05) is 29.7 Å². The van der Waals surface area contributed by atoms with E-state index in [0.717, 1.165) is 37.4 Å². The molecule has 0 saturated carbocycles. The van der Waals surface area contributed by atoms with Crippen LogP contribution in [0, 0.1) is 0 Å². The van der Waals surface area contributed by atoms with Crippen LogP contribution >= 0.6 is 11.6 Å². The molecule has 1 unspecified atom stereocenters. The predicted octanol–water partition coefficient (Wildman–Crippen LogP) is 3.75. The lowest BCUT2D eigenvalue weighted by atomic mass is 10.0. The first kappa shape index (κ1) is 16.7. The van der Waals surface area contributed by atoms with E-state index in [9.17, 15) is 4.79 Å². The number of nitrogens with one attached hydrogen (secondary N) is 1. The van der Waals surface area contributed by atoms with Crippen molar-refractivity contribution in [1.29, 1.82) is 0 Å². The lowest BCUT2D eigenvalue weighted by Crippen LogP contribution is -2.47. The predicted molar refractivity (Wildman–Crippen MR) is 97.1 cm³/mol. The minimum atomic E-state index is -0.0569. The van der Waals surface area contributed by atoms with Gasteiger partial charge in [0.25, 0.3) is 5.91 Å². The Bertz CT molecular complexity index is 703. The maximum Gasteiger partial charge on any atom is 0.251 e. The van der Waals surface area contributed by atoms with Crippen LogP contribution in [-0.4, -0.2) is 32.1 Å². The molecule has 1 heterocycles. The Morgan fingerprint density at radius 2 is 1.96 bits per heavy atom. The smallest absolute Gasteiger partial charge is 0.251 e. The van der Waals surface area contributed by atoms with Crippen molar-refractivity contribution < 1.29 is 9.53 Å². The van der Waals surface area contributed by atoms with Crippen molar-refractivity contribution >= 4 is 23.2 Å². The maximum atomic E-state index is 12.4. The molecule has 1 amide bonds. The Labute approximate surface area is 147 Å². The van der Waals surface area contributed by atoms with Gasteiger partial charge in [-0.15, -0.1) is 0 Å². The molecule has 0 aliphatic carbocycles. The zero-order chi connectivity index (χ0) is 16.9. The number of rotatable bonds is 4. The summed E-state index contributed by atoms with van der Waals surface area (Å²) >= 11 is 5.87. The lowest BCUT2D eigenvalue weighted by molar-refractivity contribution is 0.0933. The number of hydrogen-bond acceptors (Lipinski definition) is 3. The highest BCUT2D eigenvalue weighted by molar-refractivity contribution is 6.30. The van der Waals surface area contributed by atoms with Crippen molar-refractivity contribution in [3.63, 3.8) is 0 Å². The summed E-state index contributed by atoms with van der Waals surface area (Å²) in [5.41, 5.74) is 1.71. The number of hydrogen-bond donors (Lipinski definition) is 1. The fourth-order valence-corrected chi connectivity index (χ4v) is 3.20. The number of carbonyl (C=O) groups excluding carboxylic acids is 1. The second-order valence-electron chi connectivity index (χ2n) is 5.94. The summed E-state index contributed by atoms with van der Waals surface area (Å²) in [7, 11) is 1.68. The third kappa shape index (κ3) is 3.82. The second kappa shape index (κ2) is 7.58. The van der Waals surface area contributed by atoms with Crippen LogP contribution in [0.1, 0.15) is 23.2 Å². The number of anilines is 1. The number of benzene rings is 2. The third-order valence-corrected chi connectivity index (χ3v) is 4.54. The molecule has 0 bridgehead atoms. The zero-order valence-electron chi connectivity index (χ0n) is 13.7. The molecule has 3 rings (SSSR count). The van der Waals surface area contributed by atoms with Crippen molar-refractivity contribution in [3.05, 3.63) is 59.1 Å². The van der Waals surface area contributed by atoms with Crippen molar-refractivity contribution in [2.75, 3.05) is 25.1 Å².